The smallest absolute Gasteiger partial charge is 0.207 e. The Hall–Kier alpha value is -1.76. The fraction of sp³-hybridized carbons (Fsp3) is 0.0667. The molecule has 0 radical (unpaired) electrons. The third kappa shape index (κ3) is 2.97. The SMILES string of the molecule is O=S(=O)(NCc1csc2ccccc12)c1ccc(F)cc1. The van der Waals surface area contributed by atoms with E-state index >= 15 is 0 Å². The van der Waals surface area contributed by atoms with Gasteiger partial charge >= 0.3 is 0 Å². The van der Waals surface area contributed by atoms with E-state index < -0.39 is 15.8 Å². The van der Waals surface area contributed by atoms with Crippen molar-refractivity contribution in [1.82, 2.24) is 4.72 Å². The Morgan fingerprint density at radius 3 is 2.52 bits per heavy atom. The predicted octanol–water partition coefficient (Wildman–Crippen LogP) is 3.52. The first-order valence-corrected chi connectivity index (χ1v) is 8.63. The molecule has 0 spiro atoms. The summed E-state index contributed by atoms with van der Waals surface area (Å²) in [4.78, 5) is 0.0587. The average Bonchev–Trinajstić information content (AvgIpc) is 2.89. The second kappa shape index (κ2) is 5.55. The van der Waals surface area contributed by atoms with Gasteiger partial charge in [-0.15, -0.1) is 11.3 Å². The lowest BCUT2D eigenvalue weighted by atomic mass is 10.2. The van der Waals surface area contributed by atoms with Crippen molar-refractivity contribution < 1.29 is 12.8 Å². The molecular formula is C15H12FNO2S2. The highest BCUT2D eigenvalue weighted by Gasteiger charge is 2.14. The van der Waals surface area contributed by atoms with E-state index in [1.165, 1.54) is 12.1 Å². The summed E-state index contributed by atoms with van der Waals surface area (Å²) in [6.45, 7) is 0.212. The van der Waals surface area contributed by atoms with Gasteiger partial charge < -0.3 is 0 Å². The van der Waals surface area contributed by atoms with Crippen LogP contribution in [0.4, 0.5) is 4.39 Å². The lowest BCUT2D eigenvalue weighted by Gasteiger charge is -2.06. The summed E-state index contributed by atoms with van der Waals surface area (Å²) in [6.07, 6.45) is 0. The first-order valence-electron chi connectivity index (χ1n) is 6.26. The monoisotopic (exact) mass is 321 g/mol. The predicted molar refractivity (Wildman–Crippen MR) is 82.3 cm³/mol. The molecule has 108 valence electrons. The van der Waals surface area contributed by atoms with E-state index in [4.69, 9.17) is 0 Å². The maximum Gasteiger partial charge on any atom is 0.240 e. The number of benzene rings is 2. The van der Waals surface area contributed by atoms with Crippen LogP contribution in [-0.2, 0) is 16.6 Å². The van der Waals surface area contributed by atoms with Crippen molar-refractivity contribution in [3.05, 3.63) is 65.3 Å². The van der Waals surface area contributed by atoms with Crippen LogP contribution in [0.5, 0.6) is 0 Å². The number of thiophene rings is 1. The number of rotatable bonds is 4. The number of halogens is 1. The molecule has 0 aliphatic heterocycles. The van der Waals surface area contributed by atoms with Crippen LogP contribution in [0.3, 0.4) is 0 Å². The second-order valence-electron chi connectivity index (χ2n) is 4.54. The van der Waals surface area contributed by atoms with E-state index in [2.05, 4.69) is 4.72 Å². The van der Waals surface area contributed by atoms with Crippen LogP contribution >= 0.6 is 11.3 Å². The quantitative estimate of drug-likeness (QED) is 0.799. The Balaban J connectivity index is 1.82. The highest BCUT2D eigenvalue weighted by molar-refractivity contribution is 7.89. The van der Waals surface area contributed by atoms with Crippen molar-refractivity contribution >= 4 is 31.4 Å². The van der Waals surface area contributed by atoms with Crippen LogP contribution in [-0.4, -0.2) is 8.42 Å². The van der Waals surface area contributed by atoms with E-state index in [1.807, 2.05) is 29.6 Å². The van der Waals surface area contributed by atoms with Crippen molar-refractivity contribution in [3.8, 4) is 0 Å². The molecule has 0 atom stereocenters. The highest BCUT2D eigenvalue weighted by Crippen LogP contribution is 2.25. The molecule has 0 fully saturated rings. The van der Waals surface area contributed by atoms with Gasteiger partial charge in [-0.05, 0) is 46.7 Å². The minimum atomic E-state index is -3.63. The topological polar surface area (TPSA) is 46.2 Å². The molecule has 1 aromatic heterocycles. The fourth-order valence-electron chi connectivity index (χ4n) is 2.04. The zero-order chi connectivity index (χ0) is 14.9. The molecular weight excluding hydrogens is 309 g/mol. The molecule has 21 heavy (non-hydrogen) atoms. The maximum atomic E-state index is 12.8. The molecule has 0 aliphatic rings. The molecule has 3 aromatic rings. The lowest BCUT2D eigenvalue weighted by molar-refractivity contribution is 0.580. The van der Waals surface area contributed by atoms with Crippen molar-refractivity contribution in [2.45, 2.75) is 11.4 Å². The molecule has 2 aromatic carbocycles. The van der Waals surface area contributed by atoms with Gasteiger partial charge in [0.2, 0.25) is 10.0 Å². The summed E-state index contributed by atoms with van der Waals surface area (Å²) < 4.78 is 40.8. The summed E-state index contributed by atoms with van der Waals surface area (Å²) >= 11 is 1.58. The summed E-state index contributed by atoms with van der Waals surface area (Å²) in [7, 11) is -3.63. The van der Waals surface area contributed by atoms with E-state index in [1.54, 1.807) is 11.3 Å². The highest BCUT2D eigenvalue weighted by atomic mass is 32.2. The van der Waals surface area contributed by atoms with Gasteiger partial charge in [0.25, 0.3) is 0 Å². The van der Waals surface area contributed by atoms with Gasteiger partial charge in [0.1, 0.15) is 5.82 Å². The number of nitrogens with one attached hydrogen (secondary N) is 1. The Morgan fingerprint density at radius 2 is 1.76 bits per heavy atom. The van der Waals surface area contributed by atoms with Gasteiger partial charge in [-0.25, -0.2) is 17.5 Å². The minimum absolute atomic E-state index is 0.0587. The van der Waals surface area contributed by atoms with E-state index in [0.29, 0.717) is 0 Å². The van der Waals surface area contributed by atoms with Crippen LogP contribution in [0.25, 0.3) is 10.1 Å². The fourth-order valence-corrected chi connectivity index (χ4v) is 4.01. The largest absolute Gasteiger partial charge is 0.240 e. The molecule has 0 saturated carbocycles. The number of fused-ring (bicyclic) bond motifs is 1. The van der Waals surface area contributed by atoms with Gasteiger partial charge in [-0.2, -0.15) is 0 Å². The molecule has 3 nitrogen and oxygen atoms in total. The van der Waals surface area contributed by atoms with Gasteiger partial charge in [-0.3, -0.25) is 0 Å². The average molecular weight is 321 g/mol. The molecule has 3 rings (SSSR count). The normalized spacial score (nSPS) is 11.9. The van der Waals surface area contributed by atoms with Gasteiger partial charge in [-0.1, -0.05) is 18.2 Å². The third-order valence-electron chi connectivity index (χ3n) is 3.14. The maximum absolute atomic E-state index is 12.8. The van der Waals surface area contributed by atoms with Gasteiger partial charge in [0.15, 0.2) is 0 Å². The number of sulfonamides is 1. The van der Waals surface area contributed by atoms with Crippen LogP contribution in [0.15, 0.2) is 58.8 Å². The Labute approximate surface area is 126 Å². The first-order chi connectivity index (χ1) is 10.1. The summed E-state index contributed by atoms with van der Waals surface area (Å²) in [5, 5.41) is 2.99. The van der Waals surface area contributed by atoms with Crippen molar-refractivity contribution in [1.29, 1.82) is 0 Å². The molecule has 0 saturated heterocycles. The Kier molecular flexibility index (Phi) is 3.75. The zero-order valence-corrected chi connectivity index (χ0v) is 12.5. The minimum Gasteiger partial charge on any atom is -0.207 e. The van der Waals surface area contributed by atoms with Gasteiger partial charge in [0, 0.05) is 11.2 Å². The molecule has 1 heterocycles. The van der Waals surface area contributed by atoms with E-state index in [-0.39, 0.29) is 11.4 Å². The Morgan fingerprint density at radius 1 is 1.05 bits per heavy atom. The summed E-state index contributed by atoms with van der Waals surface area (Å²) in [5.41, 5.74) is 0.932. The molecule has 0 amide bonds. The lowest BCUT2D eigenvalue weighted by Crippen LogP contribution is -2.23. The summed E-state index contributed by atoms with van der Waals surface area (Å²) in [6, 6.07) is 12.6. The number of hydrogen-bond acceptors (Lipinski definition) is 3. The van der Waals surface area contributed by atoms with Crippen molar-refractivity contribution in [2.75, 3.05) is 0 Å². The van der Waals surface area contributed by atoms with Crippen LogP contribution in [0, 0.1) is 5.82 Å². The molecule has 0 unspecified atom stereocenters. The first kappa shape index (κ1) is 14.2. The standard InChI is InChI=1S/C15H12FNO2S2/c16-12-5-7-13(8-6-12)21(18,19)17-9-11-10-20-15-4-2-1-3-14(11)15/h1-8,10,17H,9H2. The van der Waals surface area contributed by atoms with Crippen molar-refractivity contribution in [2.24, 2.45) is 0 Å². The van der Waals surface area contributed by atoms with E-state index in [9.17, 15) is 12.8 Å². The molecule has 0 bridgehead atoms. The third-order valence-corrected chi connectivity index (χ3v) is 5.57. The van der Waals surface area contributed by atoms with Crippen LogP contribution < -0.4 is 4.72 Å². The second-order valence-corrected chi connectivity index (χ2v) is 7.21. The van der Waals surface area contributed by atoms with E-state index in [0.717, 1.165) is 27.8 Å². The summed E-state index contributed by atoms with van der Waals surface area (Å²) in [5.74, 6) is -0.460. The van der Waals surface area contributed by atoms with Crippen LogP contribution in [0.1, 0.15) is 5.56 Å². The molecule has 0 aliphatic carbocycles. The van der Waals surface area contributed by atoms with Crippen molar-refractivity contribution in [3.63, 3.8) is 0 Å². The molecule has 1 N–H and O–H groups in total. The Bertz CT molecular complexity index is 870. The zero-order valence-electron chi connectivity index (χ0n) is 10.9. The van der Waals surface area contributed by atoms with Crippen LogP contribution in [0.2, 0.25) is 0 Å². The number of hydrogen-bond donors (Lipinski definition) is 1. The molecule has 6 heteroatoms. The van der Waals surface area contributed by atoms with Gasteiger partial charge in [0.05, 0.1) is 4.90 Å².